The molecule has 0 bridgehead atoms. The molecule has 1 saturated heterocycles. The van der Waals surface area contributed by atoms with Crippen molar-refractivity contribution < 1.29 is 28.3 Å². The van der Waals surface area contributed by atoms with Crippen molar-refractivity contribution in [2.75, 3.05) is 13.1 Å². The molecule has 0 atom stereocenters. The lowest BCUT2D eigenvalue weighted by atomic mass is 9.96. The van der Waals surface area contributed by atoms with Crippen molar-refractivity contribution in [2.45, 2.75) is 25.7 Å². The number of halogens is 2. The smallest absolute Gasteiger partial charge is 0.306 e. The highest BCUT2D eigenvalue weighted by Crippen LogP contribution is 2.19. The fourth-order valence-corrected chi connectivity index (χ4v) is 2.57. The Morgan fingerprint density at radius 1 is 1.09 bits per heavy atom. The molecule has 1 amide bonds. The molecule has 0 aliphatic carbocycles. The van der Waals surface area contributed by atoms with E-state index in [0.29, 0.717) is 25.9 Å². The van der Waals surface area contributed by atoms with Gasteiger partial charge in [-0.15, -0.1) is 0 Å². The lowest BCUT2D eigenvalue weighted by Crippen LogP contribution is -2.40. The van der Waals surface area contributed by atoms with Crippen LogP contribution >= 0.6 is 0 Å². The van der Waals surface area contributed by atoms with Gasteiger partial charge in [-0.25, -0.2) is 8.78 Å². The van der Waals surface area contributed by atoms with E-state index < -0.39 is 29.3 Å². The number of ketones is 1. The number of carbonyl (C=O) groups is 3. The van der Waals surface area contributed by atoms with Crippen LogP contribution in [0.3, 0.4) is 0 Å². The third-order valence-corrected chi connectivity index (χ3v) is 4.00. The van der Waals surface area contributed by atoms with Crippen LogP contribution in [0.5, 0.6) is 0 Å². The van der Waals surface area contributed by atoms with Gasteiger partial charge in [-0.2, -0.15) is 0 Å². The summed E-state index contributed by atoms with van der Waals surface area (Å²) >= 11 is 0. The number of piperidine rings is 1. The summed E-state index contributed by atoms with van der Waals surface area (Å²) in [6, 6.07) is 2.88. The number of Topliss-reactive ketones (excluding diaryl/α,β-unsaturated/α-hetero) is 1. The van der Waals surface area contributed by atoms with Crippen molar-refractivity contribution in [1.82, 2.24) is 4.90 Å². The average Bonchev–Trinajstić information content (AvgIpc) is 2.54. The Bertz CT molecular complexity index is 625. The molecule has 1 fully saturated rings. The molecule has 0 radical (unpaired) electrons. The second-order valence-corrected chi connectivity index (χ2v) is 5.55. The number of likely N-dealkylation sites (tertiary alicyclic amines) is 1. The highest BCUT2D eigenvalue weighted by atomic mass is 19.2. The molecule has 2 rings (SSSR count). The molecule has 0 spiro atoms. The third-order valence-electron chi connectivity index (χ3n) is 4.00. The topological polar surface area (TPSA) is 74.7 Å². The van der Waals surface area contributed by atoms with E-state index in [1.807, 2.05) is 0 Å². The first kappa shape index (κ1) is 17.1. The molecule has 1 heterocycles. The highest BCUT2D eigenvalue weighted by Gasteiger charge is 2.27. The molecular weight excluding hydrogens is 308 g/mol. The molecule has 23 heavy (non-hydrogen) atoms. The van der Waals surface area contributed by atoms with Crippen molar-refractivity contribution in [1.29, 1.82) is 0 Å². The fourth-order valence-electron chi connectivity index (χ4n) is 2.57. The standard InChI is InChI=1S/C16H17F2NO4/c17-12-2-1-11(9-13(12)18)14(20)3-4-15(21)19-7-5-10(6-8-19)16(22)23/h1-2,9-10H,3-8H2,(H,22,23). The number of hydrogen-bond donors (Lipinski definition) is 1. The van der Waals surface area contributed by atoms with Gasteiger partial charge in [-0.3, -0.25) is 14.4 Å². The van der Waals surface area contributed by atoms with Crippen LogP contribution in [0.15, 0.2) is 18.2 Å². The number of nitrogens with zero attached hydrogens (tertiary/aromatic N) is 1. The van der Waals surface area contributed by atoms with Crippen molar-refractivity contribution in [3.63, 3.8) is 0 Å². The molecule has 1 aliphatic rings. The molecule has 0 saturated carbocycles. The number of carboxylic acids is 1. The monoisotopic (exact) mass is 325 g/mol. The van der Waals surface area contributed by atoms with E-state index in [-0.39, 0.29) is 24.3 Å². The number of rotatable bonds is 5. The maximum absolute atomic E-state index is 13.1. The van der Waals surface area contributed by atoms with Crippen molar-refractivity contribution in [3.05, 3.63) is 35.4 Å². The molecule has 1 aromatic carbocycles. The maximum atomic E-state index is 13.1. The molecule has 124 valence electrons. The molecule has 0 unspecified atom stereocenters. The summed E-state index contributed by atoms with van der Waals surface area (Å²) in [4.78, 5) is 36.3. The lowest BCUT2D eigenvalue weighted by Gasteiger charge is -2.30. The first-order valence-electron chi connectivity index (χ1n) is 7.37. The summed E-state index contributed by atoms with van der Waals surface area (Å²) in [5, 5.41) is 8.90. The van der Waals surface area contributed by atoms with Gasteiger partial charge in [0.2, 0.25) is 5.91 Å². The normalized spacial score (nSPS) is 15.5. The van der Waals surface area contributed by atoms with Gasteiger partial charge in [0.25, 0.3) is 0 Å². The van der Waals surface area contributed by atoms with E-state index in [0.717, 1.165) is 12.1 Å². The second-order valence-electron chi connectivity index (χ2n) is 5.55. The van der Waals surface area contributed by atoms with Crippen LogP contribution in [0.4, 0.5) is 8.78 Å². The first-order valence-corrected chi connectivity index (χ1v) is 7.37. The molecule has 1 N–H and O–H groups in total. The molecule has 7 heteroatoms. The SMILES string of the molecule is O=C(CCC(=O)N1CCC(C(=O)O)CC1)c1ccc(F)c(F)c1. The van der Waals surface area contributed by atoms with Gasteiger partial charge in [-0.1, -0.05) is 0 Å². The zero-order valence-electron chi connectivity index (χ0n) is 12.4. The van der Waals surface area contributed by atoms with E-state index in [2.05, 4.69) is 0 Å². The largest absolute Gasteiger partial charge is 0.481 e. The predicted molar refractivity (Wildman–Crippen MR) is 76.9 cm³/mol. The minimum Gasteiger partial charge on any atom is -0.481 e. The summed E-state index contributed by atoms with van der Waals surface area (Å²) in [5.74, 6) is -4.08. The molecular formula is C16H17F2NO4. The Balaban J connectivity index is 1.83. The van der Waals surface area contributed by atoms with E-state index in [9.17, 15) is 23.2 Å². The fraction of sp³-hybridized carbons (Fsp3) is 0.438. The van der Waals surface area contributed by atoms with E-state index in [1.54, 1.807) is 0 Å². The van der Waals surface area contributed by atoms with Gasteiger partial charge >= 0.3 is 5.97 Å². The zero-order chi connectivity index (χ0) is 17.0. The van der Waals surface area contributed by atoms with E-state index >= 15 is 0 Å². The molecule has 1 aromatic rings. The maximum Gasteiger partial charge on any atom is 0.306 e. The Kier molecular flexibility index (Phi) is 5.41. The van der Waals surface area contributed by atoms with Gasteiger partial charge < -0.3 is 10.0 Å². The Hall–Kier alpha value is -2.31. The number of amides is 1. The van der Waals surface area contributed by atoms with Crippen LogP contribution < -0.4 is 0 Å². The van der Waals surface area contributed by atoms with Crippen molar-refractivity contribution in [3.8, 4) is 0 Å². The highest BCUT2D eigenvalue weighted by molar-refractivity contribution is 5.97. The second kappa shape index (κ2) is 7.30. The van der Waals surface area contributed by atoms with Gasteiger partial charge in [0.1, 0.15) is 0 Å². The number of aliphatic carboxylic acids is 1. The Morgan fingerprint density at radius 2 is 1.74 bits per heavy atom. The minimum absolute atomic E-state index is 0.0290. The van der Waals surface area contributed by atoms with Crippen molar-refractivity contribution >= 4 is 17.7 Å². The average molecular weight is 325 g/mol. The van der Waals surface area contributed by atoms with Crippen LogP contribution in [0.1, 0.15) is 36.0 Å². The van der Waals surface area contributed by atoms with Crippen LogP contribution in [0.2, 0.25) is 0 Å². The number of carbonyl (C=O) groups excluding carboxylic acids is 2. The van der Waals surface area contributed by atoms with Gasteiger partial charge in [0, 0.05) is 31.5 Å². The van der Waals surface area contributed by atoms with Crippen LogP contribution in [0, 0.1) is 17.6 Å². The quantitative estimate of drug-likeness (QED) is 0.843. The Labute approximate surface area is 131 Å². The minimum atomic E-state index is -1.10. The first-order chi connectivity index (χ1) is 10.9. The van der Waals surface area contributed by atoms with Crippen LogP contribution in [-0.4, -0.2) is 40.8 Å². The summed E-state index contributed by atoms with van der Waals surface area (Å²) < 4.78 is 25.9. The van der Waals surface area contributed by atoms with E-state index in [1.165, 1.54) is 11.0 Å². The van der Waals surface area contributed by atoms with Crippen molar-refractivity contribution in [2.24, 2.45) is 5.92 Å². The van der Waals surface area contributed by atoms with Gasteiger partial charge in [-0.05, 0) is 31.0 Å². The summed E-state index contributed by atoms with van der Waals surface area (Å²) in [6.45, 7) is 0.713. The third kappa shape index (κ3) is 4.34. The van der Waals surface area contributed by atoms with Gasteiger partial charge in [0.05, 0.1) is 5.92 Å². The van der Waals surface area contributed by atoms with Crippen LogP contribution in [-0.2, 0) is 9.59 Å². The lowest BCUT2D eigenvalue weighted by molar-refractivity contribution is -0.145. The van der Waals surface area contributed by atoms with Gasteiger partial charge in [0.15, 0.2) is 17.4 Å². The summed E-state index contributed by atoms with van der Waals surface area (Å²) in [7, 11) is 0. The number of carboxylic acid groups (broad SMARTS) is 1. The summed E-state index contributed by atoms with van der Waals surface area (Å²) in [6.07, 6.45) is 0.675. The molecule has 0 aromatic heterocycles. The van der Waals surface area contributed by atoms with E-state index in [4.69, 9.17) is 5.11 Å². The Morgan fingerprint density at radius 3 is 2.30 bits per heavy atom. The number of benzene rings is 1. The predicted octanol–water partition coefficient (Wildman–Crippen LogP) is 2.25. The molecule has 5 nitrogen and oxygen atoms in total. The molecule has 1 aliphatic heterocycles. The number of hydrogen-bond acceptors (Lipinski definition) is 3. The summed E-state index contributed by atoms with van der Waals surface area (Å²) in [5.41, 5.74) is 0.0290. The zero-order valence-corrected chi connectivity index (χ0v) is 12.4. The van der Waals surface area contributed by atoms with Crippen LogP contribution in [0.25, 0.3) is 0 Å².